The highest BCUT2D eigenvalue weighted by atomic mass is 79.9. The predicted molar refractivity (Wildman–Crippen MR) is 76.9 cm³/mol. The van der Waals surface area contributed by atoms with E-state index in [2.05, 4.69) is 21.2 Å². The van der Waals surface area contributed by atoms with Gasteiger partial charge >= 0.3 is 0 Å². The van der Waals surface area contributed by atoms with E-state index in [4.69, 9.17) is 5.73 Å². The molecular formula is C11H16BrClN2OS. The summed E-state index contributed by atoms with van der Waals surface area (Å²) in [5.41, 5.74) is 6.42. The number of carbonyl (C=O) groups excluding carboxylic acids is 1. The molecule has 96 valence electrons. The van der Waals surface area contributed by atoms with Crippen molar-refractivity contribution in [3.63, 3.8) is 0 Å². The lowest BCUT2D eigenvalue weighted by Gasteiger charge is -2.18. The van der Waals surface area contributed by atoms with Gasteiger partial charge in [0.25, 0.3) is 5.91 Å². The van der Waals surface area contributed by atoms with Gasteiger partial charge in [0.15, 0.2) is 0 Å². The molecule has 1 saturated carbocycles. The van der Waals surface area contributed by atoms with Gasteiger partial charge in [-0.15, -0.1) is 23.7 Å². The van der Waals surface area contributed by atoms with Gasteiger partial charge in [0.1, 0.15) is 0 Å². The Bertz CT molecular complexity index is 385. The molecule has 0 aliphatic heterocycles. The van der Waals surface area contributed by atoms with Crippen molar-refractivity contribution >= 4 is 45.6 Å². The van der Waals surface area contributed by atoms with E-state index >= 15 is 0 Å². The molecule has 2 unspecified atom stereocenters. The molecule has 0 aromatic carbocycles. The predicted octanol–water partition coefficient (Wildman–Crippen LogP) is 2.79. The molecule has 1 aromatic heterocycles. The second-order valence-corrected chi connectivity index (χ2v) is 6.44. The molecule has 1 aromatic rings. The van der Waals surface area contributed by atoms with Crippen LogP contribution in [0.15, 0.2) is 15.2 Å². The van der Waals surface area contributed by atoms with E-state index < -0.39 is 0 Å². The molecule has 0 bridgehead atoms. The molecular weight excluding hydrogens is 324 g/mol. The zero-order valence-electron chi connectivity index (χ0n) is 9.32. The molecule has 1 aliphatic carbocycles. The van der Waals surface area contributed by atoms with Crippen LogP contribution in [0.5, 0.6) is 0 Å². The van der Waals surface area contributed by atoms with Crippen molar-refractivity contribution in [3.8, 4) is 0 Å². The second kappa shape index (κ2) is 6.73. The average Bonchev–Trinajstić information content (AvgIpc) is 2.86. The molecule has 1 amide bonds. The summed E-state index contributed by atoms with van der Waals surface area (Å²) < 4.78 is 0.986. The highest BCUT2D eigenvalue weighted by molar-refractivity contribution is 9.11. The normalized spacial score (nSPS) is 23.2. The van der Waals surface area contributed by atoms with Gasteiger partial charge < -0.3 is 11.1 Å². The number of nitrogens with one attached hydrogen (secondary N) is 1. The summed E-state index contributed by atoms with van der Waals surface area (Å²) in [6.07, 6.45) is 3.35. The number of nitrogens with two attached hydrogens (primary N) is 1. The Balaban J connectivity index is 0.00000144. The van der Waals surface area contributed by atoms with Crippen molar-refractivity contribution in [1.82, 2.24) is 5.32 Å². The van der Waals surface area contributed by atoms with Crippen molar-refractivity contribution in [3.05, 3.63) is 20.8 Å². The Morgan fingerprint density at radius 2 is 2.35 bits per heavy atom. The average molecular weight is 340 g/mol. The summed E-state index contributed by atoms with van der Waals surface area (Å²) in [5, 5.41) is 4.94. The summed E-state index contributed by atoms with van der Waals surface area (Å²) in [5.74, 6) is 0.471. The molecule has 3 nitrogen and oxygen atoms in total. The second-order valence-electron chi connectivity index (χ2n) is 4.15. The number of hydrogen-bond donors (Lipinski definition) is 2. The van der Waals surface area contributed by atoms with Crippen LogP contribution in [-0.4, -0.2) is 18.5 Å². The fourth-order valence-corrected chi connectivity index (χ4v) is 3.33. The van der Waals surface area contributed by atoms with Crippen LogP contribution in [0, 0.1) is 5.92 Å². The molecule has 6 heteroatoms. The summed E-state index contributed by atoms with van der Waals surface area (Å²) in [6, 6.07) is 2.11. The van der Waals surface area contributed by atoms with Gasteiger partial charge in [-0.2, -0.15) is 0 Å². The molecule has 0 saturated heterocycles. The lowest BCUT2D eigenvalue weighted by atomic mass is 10.0. The Labute approximate surface area is 120 Å². The molecule has 0 spiro atoms. The number of carbonyl (C=O) groups is 1. The Morgan fingerprint density at radius 1 is 1.59 bits per heavy atom. The van der Waals surface area contributed by atoms with Crippen molar-refractivity contribution in [1.29, 1.82) is 0 Å². The van der Waals surface area contributed by atoms with Crippen molar-refractivity contribution in [2.45, 2.75) is 25.3 Å². The Kier molecular flexibility index (Phi) is 5.92. The molecule has 17 heavy (non-hydrogen) atoms. The lowest BCUT2D eigenvalue weighted by Crippen LogP contribution is -2.39. The van der Waals surface area contributed by atoms with E-state index in [-0.39, 0.29) is 24.4 Å². The summed E-state index contributed by atoms with van der Waals surface area (Å²) in [7, 11) is 0. The van der Waals surface area contributed by atoms with Gasteiger partial charge in [-0.3, -0.25) is 4.79 Å². The van der Waals surface area contributed by atoms with E-state index in [1.54, 1.807) is 0 Å². The van der Waals surface area contributed by atoms with Gasteiger partial charge in [0.2, 0.25) is 0 Å². The molecule has 3 N–H and O–H groups in total. The first-order valence-corrected chi connectivity index (χ1v) is 7.13. The Morgan fingerprint density at radius 3 is 2.94 bits per heavy atom. The third-order valence-electron chi connectivity index (χ3n) is 3.11. The maximum absolute atomic E-state index is 11.9. The quantitative estimate of drug-likeness (QED) is 0.889. The van der Waals surface area contributed by atoms with Crippen LogP contribution < -0.4 is 11.1 Å². The highest BCUT2D eigenvalue weighted by Gasteiger charge is 2.27. The monoisotopic (exact) mass is 338 g/mol. The minimum atomic E-state index is 0. The van der Waals surface area contributed by atoms with Gasteiger partial charge in [-0.25, -0.2) is 0 Å². The number of hydrogen-bond acceptors (Lipinski definition) is 3. The first kappa shape index (κ1) is 15.0. The van der Waals surface area contributed by atoms with Crippen LogP contribution in [0.25, 0.3) is 0 Å². The van der Waals surface area contributed by atoms with Gasteiger partial charge in [0.05, 0.1) is 9.35 Å². The lowest BCUT2D eigenvalue weighted by molar-refractivity contribution is 0.0929. The van der Waals surface area contributed by atoms with Crippen LogP contribution in [0.4, 0.5) is 0 Å². The van der Waals surface area contributed by atoms with E-state index in [0.29, 0.717) is 12.5 Å². The zero-order valence-corrected chi connectivity index (χ0v) is 12.5. The van der Waals surface area contributed by atoms with E-state index in [0.717, 1.165) is 22.2 Å². The maximum Gasteiger partial charge on any atom is 0.252 e. The summed E-state index contributed by atoms with van der Waals surface area (Å²) >= 11 is 4.89. The highest BCUT2D eigenvalue weighted by Crippen LogP contribution is 2.26. The van der Waals surface area contributed by atoms with Crippen molar-refractivity contribution in [2.24, 2.45) is 11.7 Å². The van der Waals surface area contributed by atoms with Crippen LogP contribution in [0.3, 0.4) is 0 Å². The van der Waals surface area contributed by atoms with Crippen molar-refractivity contribution < 1.29 is 4.79 Å². The Hall–Kier alpha value is -0.100. The first-order chi connectivity index (χ1) is 7.70. The van der Waals surface area contributed by atoms with E-state index in [1.165, 1.54) is 17.8 Å². The van der Waals surface area contributed by atoms with Gasteiger partial charge in [-0.05, 0) is 47.3 Å². The van der Waals surface area contributed by atoms with Crippen LogP contribution in [0.2, 0.25) is 0 Å². The van der Waals surface area contributed by atoms with Crippen LogP contribution in [0.1, 0.15) is 29.6 Å². The van der Waals surface area contributed by atoms with E-state index in [9.17, 15) is 4.79 Å². The minimum absolute atomic E-state index is 0. The molecule has 2 atom stereocenters. The van der Waals surface area contributed by atoms with E-state index in [1.807, 2.05) is 11.4 Å². The fourth-order valence-electron chi connectivity index (χ4n) is 2.19. The largest absolute Gasteiger partial charge is 0.349 e. The number of amides is 1. The smallest absolute Gasteiger partial charge is 0.252 e. The van der Waals surface area contributed by atoms with Gasteiger partial charge in [-0.1, -0.05) is 6.42 Å². The number of thiophene rings is 1. The molecule has 2 rings (SSSR count). The minimum Gasteiger partial charge on any atom is -0.349 e. The van der Waals surface area contributed by atoms with Crippen molar-refractivity contribution in [2.75, 3.05) is 6.54 Å². The summed E-state index contributed by atoms with van der Waals surface area (Å²) in [4.78, 5) is 11.9. The SMILES string of the molecule is Cl.NCC1CCCC1NC(=O)c1csc(Br)c1. The zero-order chi connectivity index (χ0) is 11.5. The summed E-state index contributed by atoms with van der Waals surface area (Å²) in [6.45, 7) is 0.665. The van der Waals surface area contributed by atoms with Gasteiger partial charge in [0, 0.05) is 11.4 Å². The van der Waals surface area contributed by atoms with Crippen LogP contribution >= 0.6 is 39.7 Å². The molecule has 1 aliphatic rings. The third-order valence-corrected chi connectivity index (χ3v) is 4.61. The standard InChI is InChI=1S/C11H15BrN2OS.ClH/c12-10-4-8(6-16-10)11(15)14-9-3-1-2-7(9)5-13;/h4,6-7,9H,1-3,5,13H2,(H,14,15);1H. The number of halogens is 2. The topological polar surface area (TPSA) is 55.1 Å². The molecule has 1 fully saturated rings. The maximum atomic E-state index is 11.9. The van der Waals surface area contributed by atoms with Crippen LogP contribution in [-0.2, 0) is 0 Å². The first-order valence-electron chi connectivity index (χ1n) is 5.45. The molecule has 0 radical (unpaired) electrons. The molecule has 1 heterocycles. The third kappa shape index (κ3) is 3.68. The number of rotatable bonds is 3. The fraction of sp³-hybridized carbons (Fsp3) is 0.545.